The summed E-state index contributed by atoms with van der Waals surface area (Å²) in [6.45, 7) is 10.2. The minimum atomic E-state index is 0.0427. The van der Waals surface area contributed by atoms with Crippen molar-refractivity contribution in [3.63, 3.8) is 0 Å². The highest BCUT2D eigenvalue weighted by molar-refractivity contribution is 5.85. The molecule has 1 N–H and O–H groups in total. The molecule has 104 valence electrons. The molecule has 1 fully saturated rings. The van der Waals surface area contributed by atoms with Crippen LogP contribution in [0.5, 0.6) is 0 Å². The lowest BCUT2D eigenvalue weighted by atomic mass is 10.0. The molecule has 0 amide bonds. The van der Waals surface area contributed by atoms with Gasteiger partial charge in [0.05, 0.1) is 11.7 Å². The van der Waals surface area contributed by atoms with Crippen molar-refractivity contribution in [3.05, 3.63) is 53.8 Å². The van der Waals surface area contributed by atoms with Gasteiger partial charge in [-0.15, -0.1) is 0 Å². The third-order valence-electron chi connectivity index (χ3n) is 3.92. The van der Waals surface area contributed by atoms with E-state index in [0.717, 1.165) is 12.0 Å². The molecule has 0 saturated carbocycles. The Morgan fingerprint density at radius 2 is 2.20 bits per heavy atom. The third kappa shape index (κ3) is 2.56. The third-order valence-corrected chi connectivity index (χ3v) is 3.92. The van der Waals surface area contributed by atoms with E-state index in [4.69, 9.17) is 4.74 Å². The Balaban J connectivity index is 1.89. The summed E-state index contributed by atoms with van der Waals surface area (Å²) in [4.78, 5) is 3.34. The van der Waals surface area contributed by atoms with E-state index in [1.807, 2.05) is 13.0 Å². The van der Waals surface area contributed by atoms with Crippen LogP contribution in [0.15, 0.2) is 42.6 Å². The van der Waals surface area contributed by atoms with Gasteiger partial charge in [0.15, 0.2) is 0 Å². The van der Waals surface area contributed by atoms with Gasteiger partial charge in [-0.2, -0.15) is 0 Å². The predicted octanol–water partition coefficient (Wildman–Crippen LogP) is 4.48. The summed E-state index contributed by atoms with van der Waals surface area (Å²) in [6, 6.07) is 6.49. The minimum absolute atomic E-state index is 0.0427. The number of aromatic amines is 1. The number of fused-ring (bicyclic) bond motifs is 1. The van der Waals surface area contributed by atoms with E-state index >= 15 is 0 Å². The molecule has 3 rings (SSSR count). The number of aromatic nitrogens is 1. The second-order valence-electron chi connectivity index (χ2n) is 6.21. The first-order valence-corrected chi connectivity index (χ1v) is 7.07. The lowest BCUT2D eigenvalue weighted by Gasteiger charge is -2.00. The van der Waals surface area contributed by atoms with E-state index < -0.39 is 0 Å². The molecule has 1 unspecified atom stereocenters. The Morgan fingerprint density at radius 1 is 1.45 bits per heavy atom. The van der Waals surface area contributed by atoms with Crippen molar-refractivity contribution in [2.45, 2.75) is 38.9 Å². The molecule has 2 heterocycles. The van der Waals surface area contributed by atoms with Gasteiger partial charge in [-0.3, -0.25) is 0 Å². The first-order valence-electron chi connectivity index (χ1n) is 7.07. The van der Waals surface area contributed by atoms with Crippen LogP contribution in [-0.2, 0) is 11.2 Å². The van der Waals surface area contributed by atoms with Gasteiger partial charge in [0.1, 0.15) is 0 Å². The van der Waals surface area contributed by atoms with Crippen molar-refractivity contribution in [3.8, 4) is 0 Å². The predicted molar refractivity (Wildman–Crippen MR) is 84.8 cm³/mol. The van der Waals surface area contributed by atoms with Crippen molar-refractivity contribution in [2.24, 2.45) is 0 Å². The lowest BCUT2D eigenvalue weighted by molar-refractivity contribution is 0.323. The number of benzene rings is 1. The van der Waals surface area contributed by atoms with Crippen LogP contribution in [0.1, 0.15) is 31.9 Å². The zero-order valence-corrected chi connectivity index (χ0v) is 12.4. The summed E-state index contributed by atoms with van der Waals surface area (Å²) in [5, 5.41) is 1.29. The highest BCUT2D eigenvalue weighted by Gasteiger charge is 2.47. The Bertz CT molecular complexity index is 691. The van der Waals surface area contributed by atoms with Gasteiger partial charge in [-0.05, 0) is 44.0 Å². The Morgan fingerprint density at radius 3 is 2.85 bits per heavy atom. The van der Waals surface area contributed by atoms with Gasteiger partial charge in [0.2, 0.25) is 0 Å². The number of ether oxygens (including phenoxy) is 1. The van der Waals surface area contributed by atoms with Crippen molar-refractivity contribution >= 4 is 17.0 Å². The van der Waals surface area contributed by atoms with Crippen molar-refractivity contribution in [2.75, 3.05) is 0 Å². The molecule has 0 radical (unpaired) electrons. The summed E-state index contributed by atoms with van der Waals surface area (Å²) in [7, 11) is 0. The maximum absolute atomic E-state index is 5.70. The van der Waals surface area contributed by atoms with E-state index in [2.05, 4.69) is 55.9 Å². The maximum atomic E-state index is 5.70. The quantitative estimate of drug-likeness (QED) is 0.642. The number of nitrogens with one attached hydrogen (secondary N) is 1. The highest BCUT2D eigenvalue weighted by atomic mass is 16.6. The minimum Gasteiger partial charge on any atom is -0.366 e. The average molecular weight is 267 g/mol. The van der Waals surface area contributed by atoms with E-state index in [9.17, 15) is 0 Å². The van der Waals surface area contributed by atoms with Crippen LogP contribution in [0.25, 0.3) is 17.0 Å². The standard InChI is InChI=1S/C18H21NO/c1-12(2)5-6-13-7-8-16-15(9-13)14(11-19-16)10-17-18(3,4)20-17/h5-9,11,17,19H,1,10H2,2-4H3. The molecule has 1 saturated heterocycles. The van der Waals surface area contributed by atoms with Crippen LogP contribution in [0.2, 0.25) is 0 Å². The molecule has 20 heavy (non-hydrogen) atoms. The van der Waals surface area contributed by atoms with E-state index in [0.29, 0.717) is 6.10 Å². The van der Waals surface area contributed by atoms with E-state index in [1.165, 1.54) is 22.0 Å². The van der Waals surface area contributed by atoms with Gasteiger partial charge in [0.25, 0.3) is 0 Å². The Labute approximate surface area is 120 Å². The largest absolute Gasteiger partial charge is 0.366 e. The number of rotatable bonds is 4. The second-order valence-corrected chi connectivity index (χ2v) is 6.21. The van der Waals surface area contributed by atoms with Gasteiger partial charge in [-0.25, -0.2) is 0 Å². The summed E-state index contributed by atoms with van der Waals surface area (Å²) in [5.74, 6) is 0. The zero-order valence-electron chi connectivity index (χ0n) is 12.4. The fourth-order valence-electron chi connectivity index (χ4n) is 2.53. The number of hydrogen-bond acceptors (Lipinski definition) is 1. The van der Waals surface area contributed by atoms with Crippen LogP contribution in [0.4, 0.5) is 0 Å². The molecule has 1 aromatic carbocycles. The smallest absolute Gasteiger partial charge is 0.0908 e. The SMILES string of the molecule is C=C(C)C=Cc1ccc2[nH]cc(CC3OC3(C)C)c2c1. The van der Waals surface area contributed by atoms with Gasteiger partial charge in [-0.1, -0.05) is 30.4 Å². The molecule has 2 nitrogen and oxygen atoms in total. The monoisotopic (exact) mass is 267 g/mol. The molecule has 1 aromatic heterocycles. The molecule has 1 aliphatic rings. The summed E-state index contributed by atoms with van der Waals surface area (Å²) < 4.78 is 5.70. The molecule has 1 atom stereocenters. The molecule has 2 heteroatoms. The average Bonchev–Trinajstić information content (AvgIpc) is 2.81. The maximum Gasteiger partial charge on any atom is 0.0908 e. The number of allylic oxidation sites excluding steroid dienone is 2. The number of H-pyrrole nitrogens is 1. The van der Waals surface area contributed by atoms with Gasteiger partial charge >= 0.3 is 0 Å². The van der Waals surface area contributed by atoms with Crippen LogP contribution < -0.4 is 0 Å². The zero-order chi connectivity index (χ0) is 14.3. The van der Waals surface area contributed by atoms with Crippen molar-refractivity contribution in [1.29, 1.82) is 0 Å². The van der Waals surface area contributed by atoms with Gasteiger partial charge < -0.3 is 9.72 Å². The van der Waals surface area contributed by atoms with Crippen molar-refractivity contribution in [1.82, 2.24) is 4.98 Å². The normalized spacial score (nSPS) is 20.6. The second kappa shape index (κ2) is 4.64. The van der Waals surface area contributed by atoms with Crippen molar-refractivity contribution < 1.29 is 4.74 Å². The summed E-state index contributed by atoms with van der Waals surface area (Å²) >= 11 is 0. The fourth-order valence-corrected chi connectivity index (χ4v) is 2.53. The molecular formula is C18H21NO. The van der Waals surface area contributed by atoms with Crippen LogP contribution in [-0.4, -0.2) is 16.7 Å². The number of hydrogen-bond donors (Lipinski definition) is 1. The first-order chi connectivity index (χ1) is 9.45. The topological polar surface area (TPSA) is 28.3 Å². The number of epoxide rings is 1. The molecular weight excluding hydrogens is 246 g/mol. The lowest BCUT2D eigenvalue weighted by Crippen LogP contribution is -2.05. The molecule has 0 spiro atoms. The van der Waals surface area contributed by atoms with E-state index in [-0.39, 0.29) is 5.60 Å². The van der Waals surface area contributed by atoms with E-state index in [1.54, 1.807) is 0 Å². The summed E-state index contributed by atoms with van der Waals surface area (Å²) in [5.41, 5.74) is 4.83. The van der Waals surface area contributed by atoms with Crippen LogP contribution in [0.3, 0.4) is 0 Å². The molecule has 1 aliphatic heterocycles. The highest BCUT2D eigenvalue weighted by Crippen LogP contribution is 2.38. The molecule has 2 aromatic rings. The molecule has 0 aliphatic carbocycles. The fraction of sp³-hybridized carbons (Fsp3) is 0.333. The Hall–Kier alpha value is -1.80. The van der Waals surface area contributed by atoms with Crippen LogP contribution in [0, 0.1) is 0 Å². The first kappa shape index (κ1) is 13.2. The Kier molecular flexibility index (Phi) is 3.06. The van der Waals surface area contributed by atoms with Crippen LogP contribution >= 0.6 is 0 Å². The van der Waals surface area contributed by atoms with Gasteiger partial charge in [0, 0.05) is 23.5 Å². The summed E-state index contributed by atoms with van der Waals surface area (Å²) in [6.07, 6.45) is 7.57. The molecule has 0 bridgehead atoms.